The van der Waals surface area contributed by atoms with Crippen molar-refractivity contribution in [2.75, 3.05) is 13.1 Å². The standard InChI is InChI=1S/C10H10F3N3O3S/c11-10(12,13)6-1-14-7(17)2-16(6)3-8-15-5(4-20-8)9(18)19/h4,6H,1-3H2,(H,14,17)(H,18,19). The number of halogens is 3. The molecule has 0 radical (unpaired) electrons. The Bertz CT molecular complexity index is 531. The molecule has 1 amide bonds. The molecule has 1 aliphatic heterocycles. The van der Waals surface area contributed by atoms with Crippen molar-refractivity contribution >= 4 is 23.2 Å². The van der Waals surface area contributed by atoms with Crippen LogP contribution < -0.4 is 5.32 Å². The molecule has 1 unspecified atom stereocenters. The summed E-state index contributed by atoms with van der Waals surface area (Å²) in [6, 6.07) is -1.79. The summed E-state index contributed by atoms with van der Waals surface area (Å²) in [7, 11) is 0. The molecule has 1 aromatic heterocycles. The second kappa shape index (κ2) is 5.37. The van der Waals surface area contributed by atoms with Gasteiger partial charge in [-0.05, 0) is 0 Å². The number of carbonyl (C=O) groups excluding carboxylic acids is 1. The Morgan fingerprint density at radius 1 is 1.60 bits per heavy atom. The third-order valence-electron chi connectivity index (χ3n) is 2.77. The monoisotopic (exact) mass is 309 g/mol. The van der Waals surface area contributed by atoms with E-state index >= 15 is 0 Å². The number of nitrogens with one attached hydrogen (secondary N) is 1. The zero-order valence-corrected chi connectivity index (χ0v) is 10.8. The second-order valence-electron chi connectivity index (χ2n) is 4.20. The minimum absolute atomic E-state index is 0.213. The van der Waals surface area contributed by atoms with Crippen LogP contribution in [0.2, 0.25) is 0 Å². The fraction of sp³-hybridized carbons (Fsp3) is 0.500. The van der Waals surface area contributed by atoms with Gasteiger partial charge in [0.15, 0.2) is 5.69 Å². The van der Waals surface area contributed by atoms with Gasteiger partial charge >= 0.3 is 12.1 Å². The van der Waals surface area contributed by atoms with Crippen molar-refractivity contribution in [3.8, 4) is 0 Å². The number of rotatable bonds is 3. The van der Waals surface area contributed by atoms with Crippen LogP contribution in [0.25, 0.3) is 0 Å². The number of thiazole rings is 1. The van der Waals surface area contributed by atoms with Crippen LogP contribution >= 0.6 is 11.3 Å². The van der Waals surface area contributed by atoms with Crippen LogP contribution in [0, 0.1) is 0 Å². The number of carboxylic acid groups (broad SMARTS) is 1. The number of aromatic carboxylic acids is 1. The van der Waals surface area contributed by atoms with Gasteiger partial charge in [-0.1, -0.05) is 0 Å². The van der Waals surface area contributed by atoms with E-state index in [1.807, 2.05) is 0 Å². The molecule has 1 aromatic rings. The lowest BCUT2D eigenvalue weighted by Crippen LogP contribution is -2.59. The minimum Gasteiger partial charge on any atom is -0.476 e. The van der Waals surface area contributed by atoms with Gasteiger partial charge in [-0.15, -0.1) is 11.3 Å². The summed E-state index contributed by atoms with van der Waals surface area (Å²) in [5.74, 6) is -1.74. The zero-order chi connectivity index (χ0) is 14.9. The Morgan fingerprint density at radius 3 is 2.85 bits per heavy atom. The molecule has 110 valence electrons. The molecule has 0 bridgehead atoms. The molecule has 2 rings (SSSR count). The molecule has 2 N–H and O–H groups in total. The Kier molecular flexibility index (Phi) is 3.95. The van der Waals surface area contributed by atoms with Crippen LogP contribution in [-0.4, -0.2) is 52.2 Å². The van der Waals surface area contributed by atoms with Crippen molar-refractivity contribution in [2.24, 2.45) is 0 Å². The Hall–Kier alpha value is -1.68. The van der Waals surface area contributed by atoms with Gasteiger partial charge in [0.1, 0.15) is 11.0 Å². The first-order valence-electron chi connectivity index (χ1n) is 5.52. The van der Waals surface area contributed by atoms with Crippen molar-refractivity contribution in [2.45, 2.75) is 18.8 Å². The van der Waals surface area contributed by atoms with Gasteiger partial charge in [0.25, 0.3) is 0 Å². The molecule has 1 atom stereocenters. The molecule has 0 saturated carbocycles. The summed E-state index contributed by atoms with van der Waals surface area (Å²) in [6.45, 7) is -1.12. The van der Waals surface area contributed by atoms with Crippen molar-refractivity contribution in [3.05, 3.63) is 16.1 Å². The first kappa shape index (κ1) is 14.7. The van der Waals surface area contributed by atoms with Crippen LogP contribution in [0.4, 0.5) is 13.2 Å². The molecule has 2 heterocycles. The summed E-state index contributed by atoms with van der Waals surface area (Å²) in [6.07, 6.45) is -4.47. The maximum absolute atomic E-state index is 12.9. The summed E-state index contributed by atoms with van der Waals surface area (Å²) in [5.41, 5.74) is -0.213. The normalized spacial score (nSPS) is 20.8. The van der Waals surface area contributed by atoms with Crippen molar-refractivity contribution in [3.63, 3.8) is 0 Å². The first-order valence-corrected chi connectivity index (χ1v) is 6.40. The summed E-state index contributed by atoms with van der Waals surface area (Å²) in [4.78, 5) is 26.6. The minimum atomic E-state index is -4.47. The molecule has 1 saturated heterocycles. The quantitative estimate of drug-likeness (QED) is 0.859. The maximum Gasteiger partial charge on any atom is 0.405 e. The average Bonchev–Trinajstić information content (AvgIpc) is 2.76. The van der Waals surface area contributed by atoms with E-state index in [2.05, 4.69) is 10.3 Å². The zero-order valence-electron chi connectivity index (χ0n) is 9.98. The van der Waals surface area contributed by atoms with Crippen LogP contribution in [0.15, 0.2) is 5.38 Å². The lowest BCUT2D eigenvalue weighted by atomic mass is 10.2. The number of aromatic nitrogens is 1. The molecule has 6 nitrogen and oxygen atoms in total. The van der Waals surface area contributed by atoms with E-state index < -0.39 is 37.2 Å². The highest BCUT2D eigenvalue weighted by atomic mass is 32.1. The lowest BCUT2D eigenvalue weighted by Gasteiger charge is -2.35. The maximum atomic E-state index is 12.9. The Balaban J connectivity index is 2.14. The average molecular weight is 309 g/mol. The highest BCUT2D eigenvalue weighted by Crippen LogP contribution is 2.27. The number of hydrogen-bond donors (Lipinski definition) is 2. The van der Waals surface area contributed by atoms with Gasteiger partial charge in [-0.25, -0.2) is 9.78 Å². The fourth-order valence-electron chi connectivity index (χ4n) is 1.83. The van der Waals surface area contributed by atoms with Gasteiger partial charge in [0.05, 0.1) is 13.1 Å². The number of hydrogen-bond acceptors (Lipinski definition) is 5. The van der Waals surface area contributed by atoms with E-state index in [0.717, 1.165) is 16.2 Å². The number of carboxylic acids is 1. The Morgan fingerprint density at radius 2 is 2.30 bits per heavy atom. The van der Waals surface area contributed by atoms with E-state index in [0.29, 0.717) is 0 Å². The van der Waals surface area contributed by atoms with Crippen LogP contribution in [-0.2, 0) is 11.3 Å². The smallest absolute Gasteiger partial charge is 0.405 e. The molecular weight excluding hydrogens is 299 g/mol. The van der Waals surface area contributed by atoms with E-state index in [-0.39, 0.29) is 17.2 Å². The molecule has 1 fully saturated rings. The van der Waals surface area contributed by atoms with Gasteiger partial charge in [0, 0.05) is 11.9 Å². The molecule has 0 aromatic carbocycles. The van der Waals surface area contributed by atoms with E-state index in [1.54, 1.807) is 0 Å². The van der Waals surface area contributed by atoms with Crippen LogP contribution in [0.5, 0.6) is 0 Å². The van der Waals surface area contributed by atoms with E-state index in [4.69, 9.17) is 5.11 Å². The van der Waals surface area contributed by atoms with Crippen molar-refractivity contribution < 1.29 is 27.9 Å². The van der Waals surface area contributed by atoms with Gasteiger partial charge in [-0.3, -0.25) is 9.69 Å². The van der Waals surface area contributed by atoms with Gasteiger partial charge in [-0.2, -0.15) is 13.2 Å². The predicted octanol–water partition coefficient (Wildman–Crippen LogP) is 0.704. The number of nitrogens with zero attached hydrogens (tertiary/aromatic N) is 2. The second-order valence-corrected chi connectivity index (χ2v) is 5.14. The van der Waals surface area contributed by atoms with Crippen LogP contribution in [0.1, 0.15) is 15.5 Å². The van der Waals surface area contributed by atoms with Gasteiger partial charge in [0.2, 0.25) is 5.91 Å². The van der Waals surface area contributed by atoms with Crippen molar-refractivity contribution in [1.82, 2.24) is 15.2 Å². The number of amides is 1. The Labute approximate surface area is 115 Å². The topological polar surface area (TPSA) is 82.5 Å². The van der Waals surface area contributed by atoms with Gasteiger partial charge < -0.3 is 10.4 Å². The molecular formula is C10H10F3N3O3S. The first-order chi connectivity index (χ1) is 9.27. The largest absolute Gasteiger partial charge is 0.476 e. The number of carbonyl (C=O) groups is 2. The molecule has 0 aliphatic carbocycles. The molecule has 0 spiro atoms. The summed E-state index contributed by atoms with van der Waals surface area (Å²) in [5, 5.41) is 12.4. The third-order valence-corrected chi connectivity index (χ3v) is 3.60. The number of alkyl halides is 3. The SMILES string of the molecule is O=C1CN(Cc2nc(C(=O)O)cs2)C(C(F)(F)F)CN1. The summed E-state index contributed by atoms with van der Waals surface area (Å²) >= 11 is 0.953. The predicted molar refractivity (Wildman–Crippen MR) is 62.3 cm³/mol. The third kappa shape index (κ3) is 3.25. The summed E-state index contributed by atoms with van der Waals surface area (Å²) < 4.78 is 38.6. The molecule has 20 heavy (non-hydrogen) atoms. The molecule has 1 aliphatic rings. The van der Waals surface area contributed by atoms with E-state index in [1.165, 1.54) is 5.38 Å². The molecule has 10 heteroatoms. The highest BCUT2D eigenvalue weighted by molar-refractivity contribution is 7.09. The highest BCUT2D eigenvalue weighted by Gasteiger charge is 2.46. The van der Waals surface area contributed by atoms with Crippen LogP contribution in [0.3, 0.4) is 0 Å². The van der Waals surface area contributed by atoms with Crippen molar-refractivity contribution in [1.29, 1.82) is 0 Å². The lowest BCUT2D eigenvalue weighted by molar-refractivity contribution is -0.190. The fourth-order valence-corrected chi connectivity index (χ4v) is 2.63. The van der Waals surface area contributed by atoms with E-state index in [9.17, 15) is 22.8 Å². The number of piperazine rings is 1.